The van der Waals surface area contributed by atoms with Crippen LogP contribution < -0.4 is 10.1 Å². The molecule has 0 saturated heterocycles. The summed E-state index contributed by atoms with van der Waals surface area (Å²) in [5.41, 5.74) is 0.785. The van der Waals surface area contributed by atoms with Crippen LogP contribution in [-0.2, 0) is 4.79 Å². The molecule has 86 valence electrons. The van der Waals surface area contributed by atoms with Crippen molar-refractivity contribution >= 4 is 11.6 Å². The second kappa shape index (κ2) is 4.99. The fraction of sp³-hybridized carbons (Fsp3) is 0.417. The number of nitrogens with one attached hydrogen (secondary N) is 1. The number of rotatable bonds is 5. The second-order valence-electron chi connectivity index (χ2n) is 3.86. The summed E-state index contributed by atoms with van der Waals surface area (Å²) in [6.45, 7) is 0.286. The van der Waals surface area contributed by atoms with E-state index in [9.17, 15) is 4.79 Å². The summed E-state index contributed by atoms with van der Waals surface area (Å²) in [7, 11) is 0. The molecule has 2 N–H and O–H groups in total. The lowest BCUT2D eigenvalue weighted by Crippen LogP contribution is -2.13. The van der Waals surface area contributed by atoms with Crippen LogP contribution in [0.4, 0.5) is 5.69 Å². The Labute approximate surface area is 94.2 Å². The molecule has 0 aliphatic heterocycles. The summed E-state index contributed by atoms with van der Waals surface area (Å²) in [6, 6.07) is 7.15. The van der Waals surface area contributed by atoms with Gasteiger partial charge in [-0.3, -0.25) is 4.79 Å². The molecule has 0 bridgehead atoms. The molecule has 1 saturated carbocycles. The molecule has 0 radical (unpaired) electrons. The van der Waals surface area contributed by atoms with Crippen LogP contribution in [0.25, 0.3) is 0 Å². The van der Waals surface area contributed by atoms with Gasteiger partial charge in [0.15, 0.2) is 0 Å². The zero-order chi connectivity index (χ0) is 11.4. The van der Waals surface area contributed by atoms with Crippen molar-refractivity contribution < 1.29 is 14.6 Å². The van der Waals surface area contributed by atoms with Crippen LogP contribution in [0.15, 0.2) is 24.3 Å². The van der Waals surface area contributed by atoms with E-state index in [1.54, 1.807) is 24.3 Å². The lowest BCUT2D eigenvalue weighted by molar-refractivity contribution is -0.117. The van der Waals surface area contributed by atoms with Crippen LogP contribution in [0.3, 0.4) is 0 Å². The third-order valence-corrected chi connectivity index (χ3v) is 2.43. The lowest BCUT2D eigenvalue weighted by atomic mass is 10.3. The molecule has 1 aliphatic rings. The number of carbonyl (C=O) groups excluding carboxylic acids is 1. The molecule has 4 nitrogen and oxygen atoms in total. The van der Waals surface area contributed by atoms with Gasteiger partial charge in [-0.05, 0) is 37.1 Å². The number of aliphatic hydroxyl groups is 1. The van der Waals surface area contributed by atoms with Crippen LogP contribution in [0.5, 0.6) is 5.75 Å². The zero-order valence-corrected chi connectivity index (χ0v) is 8.98. The minimum atomic E-state index is 0.000166. The van der Waals surface area contributed by atoms with Crippen LogP contribution >= 0.6 is 0 Å². The van der Waals surface area contributed by atoms with Gasteiger partial charge in [0.05, 0.1) is 6.61 Å². The summed E-state index contributed by atoms with van der Waals surface area (Å²) < 4.78 is 5.21. The summed E-state index contributed by atoms with van der Waals surface area (Å²) in [5.74, 6) is 1.01. The number of anilines is 1. The summed E-state index contributed by atoms with van der Waals surface area (Å²) in [4.78, 5) is 11.5. The van der Waals surface area contributed by atoms with Gasteiger partial charge in [-0.1, -0.05) is 0 Å². The van der Waals surface area contributed by atoms with E-state index in [0.717, 1.165) is 18.5 Å². The van der Waals surface area contributed by atoms with Gasteiger partial charge in [0.1, 0.15) is 12.4 Å². The van der Waals surface area contributed by atoms with Gasteiger partial charge >= 0.3 is 0 Å². The van der Waals surface area contributed by atoms with Crippen molar-refractivity contribution in [2.75, 3.05) is 18.5 Å². The zero-order valence-electron chi connectivity index (χ0n) is 8.98. The third kappa shape index (κ3) is 2.97. The number of aliphatic hydroxyl groups excluding tert-OH is 1. The predicted octanol–water partition coefficient (Wildman–Crippen LogP) is 1.41. The molecule has 1 aromatic carbocycles. The van der Waals surface area contributed by atoms with E-state index in [2.05, 4.69) is 5.32 Å². The van der Waals surface area contributed by atoms with Crippen molar-refractivity contribution in [3.8, 4) is 5.75 Å². The number of amides is 1. The van der Waals surface area contributed by atoms with Gasteiger partial charge in [-0.15, -0.1) is 0 Å². The Balaban J connectivity index is 1.88. The first-order valence-electron chi connectivity index (χ1n) is 5.44. The van der Waals surface area contributed by atoms with Crippen molar-refractivity contribution in [3.05, 3.63) is 24.3 Å². The molecule has 16 heavy (non-hydrogen) atoms. The van der Waals surface area contributed by atoms with Crippen LogP contribution in [-0.4, -0.2) is 24.2 Å². The molecule has 0 aromatic heterocycles. The molecule has 1 fully saturated rings. The molecule has 1 aromatic rings. The Hall–Kier alpha value is -1.55. The van der Waals surface area contributed by atoms with Crippen molar-refractivity contribution in [1.82, 2.24) is 0 Å². The summed E-state index contributed by atoms with van der Waals surface area (Å²) in [5, 5.41) is 11.4. The Morgan fingerprint density at radius 2 is 2.06 bits per heavy atom. The van der Waals surface area contributed by atoms with Crippen molar-refractivity contribution in [3.63, 3.8) is 0 Å². The van der Waals surface area contributed by atoms with Crippen molar-refractivity contribution in [1.29, 1.82) is 0 Å². The van der Waals surface area contributed by atoms with Gasteiger partial charge in [-0.2, -0.15) is 0 Å². The van der Waals surface area contributed by atoms with Crippen LogP contribution in [0.2, 0.25) is 0 Å². The molecule has 2 rings (SSSR count). The van der Waals surface area contributed by atoms with Gasteiger partial charge in [0, 0.05) is 11.6 Å². The summed E-state index contributed by atoms with van der Waals surface area (Å²) in [6.07, 6.45) is 2.01. The number of hydrogen-bond acceptors (Lipinski definition) is 3. The molecule has 0 atom stereocenters. The van der Waals surface area contributed by atoms with E-state index in [4.69, 9.17) is 9.84 Å². The lowest BCUT2D eigenvalue weighted by Gasteiger charge is -2.06. The van der Waals surface area contributed by atoms with Gasteiger partial charge in [-0.25, -0.2) is 0 Å². The highest BCUT2D eigenvalue weighted by Gasteiger charge is 2.29. The Morgan fingerprint density at radius 3 is 2.62 bits per heavy atom. The smallest absolute Gasteiger partial charge is 0.227 e. The van der Waals surface area contributed by atoms with E-state index >= 15 is 0 Å². The average Bonchev–Trinajstić information content (AvgIpc) is 3.12. The Bertz CT molecular complexity index is 357. The van der Waals surface area contributed by atoms with Crippen molar-refractivity contribution in [2.24, 2.45) is 5.92 Å². The first-order valence-corrected chi connectivity index (χ1v) is 5.44. The van der Waals surface area contributed by atoms with E-state index in [0.29, 0.717) is 5.75 Å². The van der Waals surface area contributed by atoms with E-state index in [-0.39, 0.29) is 25.0 Å². The highest BCUT2D eigenvalue weighted by atomic mass is 16.5. The minimum absolute atomic E-state index is 0.000166. The fourth-order valence-electron chi connectivity index (χ4n) is 1.39. The van der Waals surface area contributed by atoms with Crippen molar-refractivity contribution in [2.45, 2.75) is 12.8 Å². The highest BCUT2D eigenvalue weighted by Crippen LogP contribution is 2.30. The normalized spacial score (nSPS) is 14.6. The first kappa shape index (κ1) is 11.0. The van der Waals surface area contributed by atoms with E-state index in [1.165, 1.54) is 0 Å². The second-order valence-corrected chi connectivity index (χ2v) is 3.86. The SMILES string of the molecule is O=C(Nc1ccc(OCCO)cc1)C1CC1. The predicted molar refractivity (Wildman–Crippen MR) is 60.4 cm³/mol. The minimum Gasteiger partial charge on any atom is -0.491 e. The number of benzene rings is 1. The molecule has 1 amide bonds. The molecular weight excluding hydrogens is 206 g/mol. The quantitative estimate of drug-likeness (QED) is 0.790. The Morgan fingerprint density at radius 1 is 1.38 bits per heavy atom. The van der Waals surface area contributed by atoms with E-state index < -0.39 is 0 Å². The standard InChI is InChI=1S/C12H15NO3/c14-7-8-16-11-5-3-10(4-6-11)13-12(15)9-1-2-9/h3-6,9,14H,1-2,7-8H2,(H,13,15). The molecule has 4 heteroatoms. The molecule has 0 unspecified atom stereocenters. The average molecular weight is 221 g/mol. The fourth-order valence-corrected chi connectivity index (χ4v) is 1.39. The van der Waals surface area contributed by atoms with E-state index in [1.807, 2.05) is 0 Å². The Kier molecular flexibility index (Phi) is 3.41. The van der Waals surface area contributed by atoms with Crippen LogP contribution in [0.1, 0.15) is 12.8 Å². The number of hydrogen-bond donors (Lipinski definition) is 2. The molecule has 0 spiro atoms. The number of ether oxygens (including phenoxy) is 1. The molecule has 0 heterocycles. The summed E-state index contributed by atoms with van der Waals surface area (Å²) >= 11 is 0. The van der Waals surface area contributed by atoms with Gasteiger partial charge in [0.2, 0.25) is 5.91 Å². The van der Waals surface area contributed by atoms with Crippen LogP contribution in [0, 0.1) is 5.92 Å². The molecule has 1 aliphatic carbocycles. The van der Waals surface area contributed by atoms with Gasteiger partial charge in [0.25, 0.3) is 0 Å². The maximum atomic E-state index is 11.5. The highest BCUT2D eigenvalue weighted by molar-refractivity contribution is 5.94. The maximum Gasteiger partial charge on any atom is 0.227 e. The molecular formula is C12H15NO3. The topological polar surface area (TPSA) is 58.6 Å². The first-order chi connectivity index (χ1) is 7.79. The monoisotopic (exact) mass is 221 g/mol. The third-order valence-electron chi connectivity index (χ3n) is 2.43. The largest absolute Gasteiger partial charge is 0.491 e. The maximum absolute atomic E-state index is 11.5. The number of carbonyl (C=O) groups is 1. The van der Waals surface area contributed by atoms with Gasteiger partial charge < -0.3 is 15.2 Å².